The normalized spacial score (nSPS) is 7.67. The van der Waals surface area contributed by atoms with E-state index in [0.29, 0.717) is 5.13 Å². The van der Waals surface area contributed by atoms with Gasteiger partial charge in [-0.1, -0.05) is 0 Å². The van der Waals surface area contributed by atoms with Crippen molar-refractivity contribution in [3.63, 3.8) is 0 Å². The summed E-state index contributed by atoms with van der Waals surface area (Å²) in [5.41, 5.74) is 0.985. The van der Waals surface area contributed by atoms with E-state index < -0.39 is 0 Å². The molecule has 0 aliphatic carbocycles. The highest BCUT2D eigenvalue weighted by Gasteiger charge is 2.03. The highest BCUT2D eigenvalue weighted by molar-refractivity contribution is 7.15. The number of hydrogen-bond donors (Lipinski definition) is 1. The first-order valence-electron chi connectivity index (χ1n) is 3.89. The summed E-state index contributed by atoms with van der Waals surface area (Å²) in [5, 5.41) is 3.32. The fourth-order valence-electron chi connectivity index (χ4n) is 0.677. The summed E-state index contributed by atoms with van der Waals surface area (Å²) in [6.07, 6.45) is 0. The third-order valence-electron chi connectivity index (χ3n) is 1.31. The van der Waals surface area contributed by atoms with E-state index in [1.54, 1.807) is 0 Å². The van der Waals surface area contributed by atoms with Crippen molar-refractivity contribution in [2.75, 3.05) is 5.32 Å². The van der Waals surface area contributed by atoms with Gasteiger partial charge in [-0.05, 0) is 13.8 Å². The van der Waals surface area contributed by atoms with Crippen molar-refractivity contribution in [3.8, 4) is 0 Å². The van der Waals surface area contributed by atoms with E-state index in [1.165, 1.54) is 18.3 Å². The van der Waals surface area contributed by atoms with Gasteiger partial charge >= 0.3 is 0 Å². The number of carbonyl (C=O) groups is 3. The van der Waals surface area contributed by atoms with Gasteiger partial charge in [0, 0.05) is 11.8 Å². The Labute approximate surface area is 92.5 Å². The molecule has 0 radical (unpaired) electrons. The van der Waals surface area contributed by atoms with E-state index in [2.05, 4.69) is 10.3 Å². The lowest BCUT2D eigenvalue weighted by Gasteiger charge is -1.91. The molecule has 0 aliphatic rings. The smallest absolute Gasteiger partial charge is 0.223 e. The topological polar surface area (TPSA) is 76.1 Å². The minimum absolute atomic E-state index is 0.0706. The zero-order valence-corrected chi connectivity index (χ0v) is 9.81. The minimum Gasteiger partial charge on any atom is -0.307 e. The summed E-state index contributed by atoms with van der Waals surface area (Å²) in [5.74, 6) is -0.0706. The molecule has 0 aromatic carbocycles. The molecule has 0 saturated heterocycles. The molecule has 1 rings (SSSR count). The largest absolute Gasteiger partial charge is 0.307 e. The molecule has 15 heavy (non-hydrogen) atoms. The Morgan fingerprint density at radius 2 is 1.73 bits per heavy atom. The number of anilines is 1. The highest BCUT2D eigenvalue weighted by atomic mass is 32.1. The zero-order valence-electron chi connectivity index (χ0n) is 8.99. The van der Waals surface area contributed by atoms with Gasteiger partial charge in [-0.3, -0.25) is 4.79 Å². The number of carbonyl (C=O) groups excluding carboxylic acids is 3. The van der Waals surface area contributed by atoms with Crippen LogP contribution >= 0.6 is 11.3 Å². The van der Waals surface area contributed by atoms with Gasteiger partial charge < -0.3 is 14.9 Å². The lowest BCUT2D eigenvalue weighted by Crippen LogP contribution is -2.04. The van der Waals surface area contributed by atoms with Crippen LogP contribution in [0, 0.1) is 13.8 Å². The number of thiazole rings is 1. The molecule has 0 bridgehead atoms. The second-order valence-electron chi connectivity index (χ2n) is 2.34. The van der Waals surface area contributed by atoms with E-state index in [0.717, 1.165) is 10.6 Å². The molecular formula is C9H14N2O3S. The van der Waals surface area contributed by atoms with Crippen LogP contribution in [-0.4, -0.2) is 24.5 Å². The molecule has 84 valence electrons. The van der Waals surface area contributed by atoms with Gasteiger partial charge in [0.2, 0.25) is 5.91 Å². The quantitative estimate of drug-likeness (QED) is 0.790. The second-order valence-corrected chi connectivity index (χ2v) is 3.54. The predicted molar refractivity (Wildman–Crippen MR) is 60.1 cm³/mol. The zero-order chi connectivity index (χ0) is 12.4. The van der Waals surface area contributed by atoms with Crippen molar-refractivity contribution < 1.29 is 14.4 Å². The third kappa shape index (κ3) is 6.50. The molecule has 5 nitrogen and oxygen atoms in total. The molecule has 1 aromatic heterocycles. The average Bonchev–Trinajstić information content (AvgIpc) is 2.51. The van der Waals surface area contributed by atoms with Crippen molar-refractivity contribution in [3.05, 3.63) is 10.6 Å². The molecule has 0 aliphatic heterocycles. The summed E-state index contributed by atoms with van der Waals surface area (Å²) in [6, 6.07) is 0. The van der Waals surface area contributed by atoms with Gasteiger partial charge in [-0.2, -0.15) is 0 Å². The lowest BCUT2D eigenvalue weighted by molar-refractivity contribution is -0.114. The van der Waals surface area contributed by atoms with Crippen LogP contribution in [0.1, 0.15) is 17.5 Å². The Morgan fingerprint density at radius 3 is 2.00 bits per heavy atom. The van der Waals surface area contributed by atoms with Gasteiger partial charge in [0.25, 0.3) is 0 Å². The standard InChI is InChI=1S/C7H10N2OS.2CH2O/c1-4-5(2)11-7(8-4)9-6(3)10;2*1-2/h1-3H3,(H,8,9,10);2*1H2. The Bertz CT molecular complexity index is 291. The highest BCUT2D eigenvalue weighted by Crippen LogP contribution is 2.20. The fraction of sp³-hybridized carbons (Fsp3) is 0.333. The number of aromatic nitrogens is 1. The van der Waals surface area contributed by atoms with Crippen LogP contribution in [0.3, 0.4) is 0 Å². The molecule has 0 fully saturated rings. The maximum Gasteiger partial charge on any atom is 0.223 e. The lowest BCUT2D eigenvalue weighted by atomic mass is 10.4. The first-order valence-corrected chi connectivity index (χ1v) is 4.70. The molecule has 0 spiro atoms. The molecule has 1 aromatic rings. The molecular weight excluding hydrogens is 216 g/mol. The summed E-state index contributed by atoms with van der Waals surface area (Å²) in [7, 11) is 0. The van der Waals surface area contributed by atoms with E-state index in [9.17, 15) is 4.79 Å². The molecule has 0 unspecified atom stereocenters. The molecule has 6 heteroatoms. The molecule has 1 amide bonds. The maximum atomic E-state index is 10.6. The summed E-state index contributed by atoms with van der Waals surface area (Å²) in [4.78, 5) is 31.9. The van der Waals surface area contributed by atoms with Gasteiger partial charge in [0.05, 0.1) is 5.69 Å². The first kappa shape index (κ1) is 15.9. The van der Waals surface area contributed by atoms with Crippen molar-refractivity contribution >= 4 is 36.0 Å². The van der Waals surface area contributed by atoms with Crippen LogP contribution in [0.4, 0.5) is 5.13 Å². The fourth-order valence-corrected chi connectivity index (χ4v) is 1.54. The van der Waals surface area contributed by atoms with Crippen LogP contribution in [0.15, 0.2) is 0 Å². The number of rotatable bonds is 1. The van der Waals surface area contributed by atoms with Crippen LogP contribution in [0.5, 0.6) is 0 Å². The number of nitrogens with zero attached hydrogens (tertiary/aromatic N) is 1. The Hall–Kier alpha value is -1.56. The van der Waals surface area contributed by atoms with Gasteiger partial charge in [-0.15, -0.1) is 11.3 Å². The number of nitrogens with one attached hydrogen (secondary N) is 1. The average molecular weight is 230 g/mol. The Kier molecular flexibility index (Phi) is 9.55. The Balaban J connectivity index is 0. The summed E-state index contributed by atoms with van der Waals surface area (Å²) >= 11 is 1.50. The monoisotopic (exact) mass is 230 g/mol. The van der Waals surface area contributed by atoms with Gasteiger partial charge in [0.1, 0.15) is 13.6 Å². The minimum atomic E-state index is -0.0706. The SMILES string of the molecule is C=O.C=O.CC(=O)Nc1nc(C)c(C)s1. The summed E-state index contributed by atoms with van der Waals surface area (Å²) in [6.45, 7) is 9.39. The van der Waals surface area contributed by atoms with Crippen LogP contribution < -0.4 is 5.32 Å². The summed E-state index contributed by atoms with van der Waals surface area (Å²) < 4.78 is 0. The van der Waals surface area contributed by atoms with E-state index >= 15 is 0 Å². The molecule has 0 atom stereocenters. The first-order chi connectivity index (χ1) is 7.09. The van der Waals surface area contributed by atoms with E-state index in [-0.39, 0.29) is 5.91 Å². The number of hydrogen-bond acceptors (Lipinski definition) is 5. The Morgan fingerprint density at radius 1 is 1.27 bits per heavy atom. The van der Waals surface area contributed by atoms with E-state index in [1.807, 2.05) is 27.4 Å². The van der Waals surface area contributed by atoms with Crippen molar-refractivity contribution in [2.45, 2.75) is 20.8 Å². The van der Waals surface area contributed by atoms with Crippen molar-refractivity contribution in [1.82, 2.24) is 4.98 Å². The van der Waals surface area contributed by atoms with Crippen molar-refractivity contribution in [2.24, 2.45) is 0 Å². The van der Waals surface area contributed by atoms with Gasteiger partial charge in [-0.25, -0.2) is 4.98 Å². The second kappa shape index (κ2) is 9.01. The van der Waals surface area contributed by atoms with Crippen molar-refractivity contribution in [1.29, 1.82) is 0 Å². The van der Waals surface area contributed by atoms with E-state index in [4.69, 9.17) is 9.59 Å². The number of amides is 1. The van der Waals surface area contributed by atoms with Gasteiger partial charge in [0.15, 0.2) is 5.13 Å². The number of aryl methyl sites for hydroxylation is 2. The van der Waals surface area contributed by atoms with Crippen LogP contribution in [-0.2, 0) is 14.4 Å². The van der Waals surface area contributed by atoms with Crippen LogP contribution in [0.2, 0.25) is 0 Å². The maximum absolute atomic E-state index is 10.6. The molecule has 1 N–H and O–H groups in total. The molecule has 1 heterocycles. The third-order valence-corrected chi connectivity index (χ3v) is 2.30. The van der Waals surface area contributed by atoms with Crippen LogP contribution in [0.25, 0.3) is 0 Å². The molecule has 0 saturated carbocycles. The predicted octanol–water partition coefficient (Wildman–Crippen LogP) is 1.35.